The molecular weight excluding hydrogens is 546 g/mol. The molecule has 0 saturated carbocycles. The number of hydrogen-bond acceptors (Lipinski definition) is 0. The lowest BCUT2D eigenvalue weighted by molar-refractivity contribution is 1.13. The van der Waals surface area contributed by atoms with Crippen LogP contribution in [0.3, 0.4) is 0 Å². The molecule has 0 radical (unpaired) electrons. The van der Waals surface area contributed by atoms with Crippen molar-refractivity contribution in [3.8, 4) is 17.1 Å². The molecule has 0 bridgehead atoms. The molecular formula is C42H27N3. The van der Waals surface area contributed by atoms with E-state index < -0.39 is 0 Å². The molecule has 0 N–H and O–H groups in total. The molecule has 210 valence electrons. The smallest absolute Gasteiger partial charge is 0.0782 e. The second-order valence-corrected chi connectivity index (χ2v) is 11.8. The van der Waals surface area contributed by atoms with Crippen LogP contribution >= 0.6 is 0 Å². The molecule has 3 heteroatoms. The van der Waals surface area contributed by atoms with Gasteiger partial charge >= 0.3 is 0 Å². The van der Waals surface area contributed by atoms with Gasteiger partial charge in [-0.25, -0.2) is 0 Å². The number of rotatable bonds is 3. The first-order valence-corrected chi connectivity index (χ1v) is 15.5. The molecule has 10 aromatic rings. The summed E-state index contributed by atoms with van der Waals surface area (Å²) in [6.45, 7) is 0. The van der Waals surface area contributed by atoms with Crippen LogP contribution in [0.25, 0.3) is 82.5 Å². The highest BCUT2D eigenvalue weighted by Crippen LogP contribution is 2.42. The number of hydrogen-bond donors (Lipinski definition) is 0. The quantitative estimate of drug-likeness (QED) is 0.200. The van der Waals surface area contributed by atoms with Gasteiger partial charge in [-0.15, -0.1) is 0 Å². The second-order valence-electron chi connectivity index (χ2n) is 11.8. The molecule has 0 saturated heterocycles. The highest BCUT2D eigenvalue weighted by molar-refractivity contribution is 6.20. The van der Waals surface area contributed by atoms with Crippen LogP contribution in [0.1, 0.15) is 0 Å². The zero-order chi connectivity index (χ0) is 29.5. The summed E-state index contributed by atoms with van der Waals surface area (Å²) < 4.78 is 7.32. The Morgan fingerprint density at radius 3 is 1.29 bits per heavy atom. The molecule has 0 aliphatic heterocycles. The van der Waals surface area contributed by atoms with Crippen LogP contribution in [0.5, 0.6) is 0 Å². The SMILES string of the molecule is c1ccc(-n2c3ccccc3c3cc4c(cc32)c2ccccc2n4-c2cccc3c4ccccc4n(-c4ccccc4)c23)cc1. The van der Waals surface area contributed by atoms with Gasteiger partial charge in [0.05, 0.1) is 38.8 Å². The van der Waals surface area contributed by atoms with Crippen molar-refractivity contribution in [3.05, 3.63) is 164 Å². The zero-order valence-electron chi connectivity index (χ0n) is 24.4. The topological polar surface area (TPSA) is 14.8 Å². The molecule has 3 nitrogen and oxygen atoms in total. The van der Waals surface area contributed by atoms with Crippen molar-refractivity contribution in [2.45, 2.75) is 0 Å². The lowest BCUT2D eigenvalue weighted by Crippen LogP contribution is -2.00. The third-order valence-corrected chi connectivity index (χ3v) is 9.41. The Bertz CT molecular complexity index is 2740. The molecule has 0 aliphatic carbocycles. The number of nitrogens with zero attached hydrogens (tertiary/aromatic N) is 3. The highest BCUT2D eigenvalue weighted by atomic mass is 15.1. The van der Waals surface area contributed by atoms with Crippen molar-refractivity contribution in [1.29, 1.82) is 0 Å². The van der Waals surface area contributed by atoms with Crippen LogP contribution in [0, 0.1) is 0 Å². The van der Waals surface area contributed by atoms with Crippen LogP contribution in [-0.2, 0) is 0 Å². The molecule has 0 amide bonds. The van der Waals surface area contributed by atoms with E-state index in [4.69, 9.17) is 0 Å². The monoisotopic (exact) mass is 573 g/mol. The minimum absolute atomic E-state index is 1.16. The van der Waals surface area contributed by atoms with Gasteiger partial charge in [-0.05, 0) is 60.7 Å². The Labute approximate surface area is 259 Å². The standard InChI is InChI=1S/C42H27N3/c1-3-14-28(15-4-1)43-36-22-10-8-19-31(36)34-27-41-35(26-40(34)43)32-20-9-12-24-38(32)45(41)39-25-13-21-33-30-18-7-11-23-37(30)44(42(33)39)29-16-5-2-6-17-29/h1-27H. The summed E-state index contributed by atoms with van der Waals surface area (Å²) in [6.07, 6.45) is 0. The third kappa shape index (κ3) is 3.35. The van der Waals surface area contributed by atoms with Crippen molar-refractivity contribution in [2.24, 2.45) is 0 Å². The predicted molar refractivity (Wildman–Crippen MR) is 189 cm³/mol. The fraction of sp³-hybridized carbons (Fsp3) is 0. The maximum atomic E-state index is 2.49. The number of benzene rings is 7. The molecule has 3 aromatic heterocycles. The first-order valence-electron chi connectivity index (χ1n) is 15.5. The van der Waals surface area contributed by atoms with Crippen molar-refractivity contribution in [3.63, 3.8) is 0 Å². The summed E-state index contributed by atoms with van der Waals surface area (Å²) in [5, 5.41) is 7.51. The van der Waals surface area contributed by atoms with Crippen LogP contribution in [0.2, 0.25) is 0 Å². The first kappa shape index (κ1) is 24.4. The highest BCUT2D eigenvalue weighted by Gasteiger charge is 2.21. The predicted octanol–water partition coefficient (Wildman–Crippen LogP) is 11.0. The van der Waals surface area contributed by atoms with E-state index in [0.717, 1.165) is 5.69 Å². The Morgan fingerprint density at radius 2 is 0.689 bits per heavy atom. The molecule has 3 heterocycles. The lowest BCUT2D eigenvalue weighted by Gasteiger charge is -2.14. The van der Waals surface area contributed by atoms with Crippen molar-refractivity contribution < 1.29 is 0 Å². The zero-order valence-corrected chi connectivity index (χ0v) is 24.4. The van der Waals surface area contributed by atoms with Gasteiger partial charge in [0.1, 0.15) is 0 Å². The minimum atomic E-state index is 1.16. The Hall–Kier alpha value is -6.06. The van der Waals surface area contributed by atoms with Crippen molar-refractivity contribution in [1.82, 2.24) is 13.7 Å². The molecule has 10 rings (SSSR count). The van der Waals surface area contributed by atoms with Gasteiger partial charge in [0.15, 0.2) is 0 Å². The summed E-state index contributed by atoms with van der Waals surface area (Å²) in [6, 6.07) is 59.4. The minimum Gasteiger partial charge on any atom is -0.309 e. The maximum absolute atomic E-state index is 2.49. The molecule has 45 heavy (non-hydrogen) atoms. The normalized spacial score (nSPS) is 12.0. The van der Waals surface area contributed by atoms with E-state index in [1.807, 2.05) is 0 Å². The van der Waals surface area contributed by atoms with E-state index in [1.54, 1.807) is 0 Å². The van der Waals surface area contributed by atoms with E-state index in [-0.39, 0.29) is 0 Å². The summed E-state index contributed by atoms with van der Waals surface area (Å²) in [7, 11) is 0. The summed E-state index contributed by atoms with van der Waals surface area (Å²) in [5.41, 5.74) is 10.8. The van der Waals surface area contributed by atoms with Gasteiger partial charge in [0.25, 0.3) is 0 Å². The largest absolute Gasteiger partial charge is 0.309 e. The molecule has 0 unspecified atom stereocenters. The van der Waals surface area contributed by atoms with Crippen LogP contribution in [0.15, 0.2) is 164 Å². The number of fused-ring (bicyclic) bond motifs is 9. The van der Waals surface area contributed by atoms with E-state index in [1.165, 1.54) is 76.8 Å². The average Bonchev–Trinajstić information content (AvgIpc) is 3.73. The summed E-state index contributed by atoms with van der Waals surface area (Å²) in [4.78, 5) is 0. The summed E-state index contributed by atoms with van der Waals surface area (Å²) in [5.74, 6) is 0. The second kappa shape index (κ2) is 9.22. The van der Waals surface area contributed by atoms with Crippen LogP contribution in [0.4, 0.5) is 0 Å². The fourth-order valence-corrected chi connectivity index (χ4v) is 7.57. The van der Waals surface area contributed by atoms with E-state index >= 15 is 0 Å². The Balaban J connectivity index is 1.39. The number of aromatic nitrogens is 3. The van der Waals surface area contributed by atoms with Gasteiger partial charge in [0, 0.05) is 43.7 Å². The summed E-state index contributed by atoms with van der Waals surface area (Å²) >= 11 is 0. The van der Waals surface area contributed by atoms with Crippen LogP contribution < -0.4 is 0 Å². The van der Waals surface area contributed by atoms with Gasteiger partial charge in [-0.1, -0.05) is 103 Å². The molecule has 0 atom stereocenters. The van der Waals surface area contributed by atoms with E-state index in [0.29, 0.717) is 0 Å². The maximum Gasteiger partial charge on any atom is 0.0782 e. The first-order chi connectivity index (χ1) is 22.4. The Morgan fingerprint density at radius 1 is 0.267 bits per heavy atom. The van der Waals surface area contributed by atoms with Gasteiger partial charge in [0.2, 0.25) is 0 Å². The van der Waals surface area contributed by atoms with Gasteiger partial charge in [-0.2, -0.15) is 0 Å². The molecule has 0 fully saturated rings. The fourth-order valence-electron chi connectivity index (χ4n) is 7.57. The van der Waals surface area contributed by atoms with Gasteiger partial charge in [-0.3, -0.25) is 0 Å². The molecule has 0 spiro atoms. The van der Waals surface area contributed by atoms with E-state index in [9.17, 15) is 0 Å². The Kier molecular flexibility index (Phi) is 5.00. The van der Waals surface area contributed by atoms with Crippen molar-refractivity contribution in [2.75, 3.05) is 0 Å². The third-order valence-electron chi connectivity index (χ3n) is 9.41. The lowest BCUT2D eigenvalue weighted by atomic mass is 10.1. The van der Waals surface area contributed by atoms with Gasteiger partial charge < -0.3 is 13.7 Å². The van der Waals surface area contributed by atoms with Crippen LogP contribution in [-0.4, -0.2) is 13.7 Å². The molecule has 7 aromatic carbocycles. The average molecular weight is 574 g/mol. The van der Waals surface area contributed by atoms with Crippen molar-refractivity contribution >= 4 is 65.4 Å². The van der Waals surface area contributed by atoms with E-state index in [2.05, 4.69) is 177 Å². The number of para-hydroxylation sites is 6. The molecule has 0 aliphatic rings.